The smallest absolute Gasteiger partial charge is 0.254 e. The van der Waals surface area contributed by atoms with Gasteiger partial charge in [0.05, 0.1) is 0 Å². The summed E-state index contributed by atoms with van der Waals surface area (Å²) in [7, 11) is 0. The Labute approximate surface area is 118 Å². The van der Waals surface area contributed by atoms with Crippen LogP contribution in [0.2, 0.25) is 5.15 Å². The molecule has 5 heteroatoms. The molecule has 1 N–H and O–H groups in total. The molecule has 1 aliphatic heterocycles. The Morgan fingerprint density at radius 2 is 2.37 bits per heavy atom. The lowest BCUT2D eigenvalue weighted by Gasteiger charge is -2.27. The van der Waals surface area contributed by atoms with E-state index in [2.05, 4.69) is 10.3 Å². The zero-order valence-corrected chi connectivity index (χ0v) is 11.8. The second-order valence-electron chi connectivity index (χ2n) is 5.38. The van der Waals surface area contributed by atoms with E-state index in [1.54, 1.807) is 12.1 Å². The minimum absolute atomic E-state index is 0.0932. The molecule has 1 aromatic rings. The molecule has 2 heterocycles. The molecule has 3 rings (SSSR count). The van der Waals surface area contributed by atoms with Crippen LogP contribution in [-0.4, -0.2) is 34.9 Å². The van der Waals surface area contributed by atoms with Crippen molar-refractivity contribution in [3.05, 3.63) is 22.8 Å². The van der Waals surface area contributed by atoms with Crippen LogP contribution >= 0.6 is 11.6 Å². The van der Waals surface area contributed by atoms with Crippen LogP contribution in [0.5, 0.6) is 0 Å². The van der Waals surface area contributed by atoms with E-state index in [0.717, 1.165) is 19.5 Å². The van der Waals surface area contributed by atoms with Gasteiger partial charge in [0.15, 0.2) is 0 Å². The number of aromatic nitrogens is 1. The van der Waals surface area contributed by atoms with Crippen molar-refractivity contribution in [3.8, 4) is 0 Å². The molecule has 2 atom stereocenters. The number of rotatable bonds is 3. The molecular weight excluding hydrogens is 262 g/mol. The van der Waals surface area contributed by atoms with Gasteiger partial charge < -0.3 is 10.2 Å². The lowest BCUT2D eigenvalue weighted by Crippen LogP contribution is -2.37. The zero-order chi connectivity index (χ0) is 13.4. The first kappa shape index (κ1) is 12.7. The van der Waals surface area contributed by atoms with Gasteiger partial charge in [0, 0.05) is 24.7 Å². The molecule has 2 fully saturated rings. The average Bonchev–Trinajstić information content (AvgIpc) is 2.99. The first-order valence-corrected chi connectivity index (χ1v) is 7.27. The van der Waals surface area contributed by atoms with E-state index in [-0.39, 0.29) is 5.91 Å². The number of nitrogens with zero attached hydrogens (tertiary/aromatic N) is 2. The summed E-state index contributed by atoms with van der Waals surface area (Å²) in [5.41, 5.74) is 0.642. The van der Waals surface area contributed by atoms with Crippen LogP contribution in [0, 0.1) is 5.92 Å². The third-order valence-corrected chi connectivity index (χ3v) is 4.26. The highest BCUT2D eigenvalue weighted by Crippen LogP contribution is 2.38. The third kappa shape index (κ3) is 2.41. The number of hydrogen-bond donors (Lipinski definition) is 1. The molecule has 19 heavy (non-hydrogen) atoms. The van der Waals surface area contributed by atoms with Crippen molar-refractivity contribution < 1.29 is 4.79 Å². The predicted molar refractivity (Wildman–Crippen MR) is 75.6 cm³/mol. The molecule has 1 aliphatic carbocycles. The Hall–Kier alpha value is -1.29. The monoisotopic (exact) mass is 279 g/mol. The van der Waals surface area contributed by atoms with Crippen molar-refractivity contribution in [1.29, 1.82) is 0 Å². The van der Waals surface area contributed by atoms with Gasteiger partial charge in [-0.15, -0.1) is 0 Å². The summed E-state index contributed by atoms with van der Waals surface area (Å²) in [6, 6.07) is 3.90. The molecule has 0 radical (unpaired) electrons. The summed E-state index contributed by atoms with van der Waals surface area (Å²) in [5.74, 6) is 1.47. The highest BCUT2D eigenvalue weighted by molar-refractivity contribution is 6.29. The summed E-state index contributed by atoms with van der Waals surface area (Å²) < 4.78 is 0. The molecule has 1 aromatic heterocycles. The van der Waals surface area contributed by atoms with Gasteiger partial charge in [0.25, 0.3) is 5.91 Å². The largest absolute Gasteiger partial charge is 0.370 e. The molecule has 2 bridgehead atoms. The van der Waals surface area contributed by atoms with E-state index in [1.807, 2.05) is 11.8 Å². The van der Waals surface area contributed by atoms with Crippen LogP contribution < -0.4 is 5.32 Å². The Morgan fingerprint density at radius 3 is 3.00 bits per heavy atom. The summed E-state index contributed by atoms with van der Waals surface area (Å²) in [6.45, 7) is 3.65. The molecule has 0 spiro atoms. The first-order valence-electron chi connectivity index (χ1n) is 6.89. The summed E-state index contributed by atoms with van der Waals surface area (Å²) in [4.78, 5) is 18.7. The second-order valence-corrected chi connectivity index (χ2v) is 5.77. The molecule has 2 aliphatic rings. The van der Waals surface area contributed by atoms with Gasteiger partial charge in [-0.2, -0.15) is 0 Å². The van der Waals surface area contributed by atoms with Gasteiger partial charge in [-0.1, -0.05) is 11.6 Å². The third-order valence-electron chi connectivity index (χ3n) is 4.07. The minimum Gasteiger partial charge on any atom is -0.370 e. The van der Waals surface area contributed by atoms with E-state index >= 15 is 0 Å². The number of hydrogen-bond acceptors (Lipinski definition) is 3. The lowest BCUT2D eigenvalue weighted by molar-refractivity contribution is 0.0703. The summed E-state index contributed by atoms with van der Waals surface area (Å²) >= 11 is 5.99. The normalized spacial score (nSPS) is 24.8. The van der Waals surface area contributed by atoms with Gasteiger partial charge in [0.2, 0.25) is 0 Å². The standard InChI is InChI=1S/C14H18ClN3O/c1-2-16-13-7-10(6-12(15)17-13)14(19)18-8-9-3-4-11(18)5-9/h6-7,9,11H,2-5,8H2,1H3,(H,16,17). The number of halogens is 1. The number of carbonyl (C=O) groups is 1. The van der Waals surface area contributed by atoms with Crippen LogP contribution in [0.25, 0.3) is 0 Å². The van der Waals surface area contributed by atoms with Crippen molar-refractivity contribution in [2.45, 2.75) is 32.2 Å². The Balaban J connectivity index is 1.83. The zero-order valence-electron chi connectivity index (χ0n) is 11.0. The molecule has 1 saturated carbocycles. The maximum atomic E-state index is 12.6. The minimum atomic E-state index is 0.0932. The Bertz CT molecular complexity index is 505. The fraction of sp³-hybridized carbons (Fsp3) is 0.571. The molecule has 0 aromatic carbocycles. The number of nitrogens with one attached hydrogen (secondary N) is 1. The number of pyridine rings is 1. The van der Waals surface area contributed by atoms with Crippen LogP contribution in [0.3, 0.4) is 0 Å². The number of amides is 1. The highest BCUT2D eigenvalue weighted by atomic mass is 35.5. The van der Waals surface area contributed by atoms with Crippen molar-refractivity contribution in [3.63, 3.8) is 0 Å². The number of carbonyl (C=O) groups excluding carboxylic acids is 1. The van der Waals surface area contributed by atoms with Gasteiger partial charge in [0.1, 0.15) is 11.0 Å². The highest BCUT2D eigenvalue weighted by Gasteiger charge is 2.40. The fourth-order valence-electron chi connectivity index (χ4n) is 3.23. The Kier molecular flexibility index (Phi) is 3.35. The van der Waals surface area contributed by atoms with Crippen molar-refractivity contribution in [2.75, 3.05) is 18.4 Å². The first-order chi connectivity index (χ1) is 9.17. The van der Waals surface area contributed by atoms with E-state index < -0.39 is 0 Å². The topological polar surface area (TPSA) is 45.2 Å². The van der Waals surface area contributed by atoms with Crippen LogP contribution in [-0.2, 0) is 0 Å². The SMILES string of the molecule is CCNc1cc(C(=O)N2CC3CCC2C3)cc(Cl)n1. The second kappa shape index (κ2) is 5.00. The molecule has 2 unspecified atom stereocenters. The fourth-order valence-corrected chi connectivity index (χ4v) is 3.44. The molecule has 1 saturated heterocycles. The lowest BCUT2D eigenvalue weighted by atomic mass is 10.1. The van der Waals surface area contributed by atoms with E-state index in [9.17, 15) is 4.79 Å². The van der Waals surface area contributed by atoms with Crippen molar-refractivity contribution in [2.24, 2.45) is 5.92 Å². The Morgan fingerprint density at radius 1 is 1.53 bits per heavy atom. The predicted octanol–water partition coefficient (Wildman–Crippen LogP) is 2.79. The van der Waals surface area contributed by atoms with Gasteiger partial charge in [-0.05, 0) is 44.2 Å². The number of likely N-dealkylation sites (tertiary alicyclic amines) is 1. The van der Waals surface area contributed by atoms with Crippen LogP contribution in [0.4, 0.5) is 5.82 Å². The van der Waals surface area contributed by atoms with E-state index in [4.69, 9.17) is 11.6 Å². The average molecular weight is 280 g/mol. The van der Waals surface area contributed by atoms with Gasteiger partial charge >= 0.3 is 0 Å². The summed E-state index contributed by atoms with van der Waals surface area (Å²) in [6.07, 6.45) is 3.59. The van der Waals surface area contributed by atoms with E-state index in [1.165, 1.54) is 12.8 Å². The quantitative estimate of drug-likeness (QED) is 0.866. The molecular formula is C14H18ClN3O. The molecule has 1 amide bonds. The maximum Gasteiger partial charge on any atom is 0.254 e. The maximum absolute atomic E-state index is 12.6. The number of fused-ring (bicyclic) bond motifs is 2. The van der Waals surface area contributed by atoms with Crippen molar-refractivity contribution >= 4 is 23.3 Å². The number of anilines is 1. The van der Waals surface area contributed by atoms with Gasteiger partial charge in [-0.25, -0.2) is 4.98 Å². The molecule has 4 nitrogen and oxygen atoms in total. The van der Waals surface area contributed by atoms with Crippen molar-refractivity contribution in [1.82, 2.24) is 9.88 Å². The van der Waals surface area contributed by atoms with E-state index in [0.29, 0.717) is 28.5 Å². The van der Waals surface area contributed by atoms with Crippen LogP contribution in [0.1, 0.15) is 36.5 Å². The molecule has 102 valence electrons. The van der Waals surface area contributed by atoms with Crippen LogP contribution in [0.15, 0.2) is 12.1 Å². The summed E-state index contributed by atoms with van der Waals surface area (Å²) in [5, 5.41) is 3.47. The van der Waals surface area contributed by atoms with Gasteiger partial charge in [-0.3, -0.25) is 4.79 Å². The number of piperidine rings is 1.